The molecule has 2 heterocycles. The van der Waals surface area contributed by atoms with E-state index >= 15 is 0 Å². The molecule has 0 saturated carbocycles. The summed E-state index contributed by atoms with van der Waals surface area (Å²) in [6.07, 6.45) is 2.16. The number of hydrogen-bond acceptors (Lipinski definition) is 6. The molecule has 8 nitrogen and oxygen atoms in total. The molecule has 0 saturated heterocycles. The second kappa shape index (κ2) is 9.00. The van der Waals surface area contributed by atoms with Gasteiger partial charge < -0.3 is 10.1 Å². The number of amides is 1. The highest BCUT2D eigenvalue weighted by atomic mass is 35.5. The monoisotopic (exact) mass is 415 g/mol. The van der Waals surface area contributed by atoms with Crippen molar-refractivity contribution >= 4 is 29.3 Å². The lowest BCUT2D eigenvalue weighted by molar-refractivity contribution is -0.141. The van der Waals surface area contributed by atoms with Gasteiger partial charge in [0.15, 0.2) is 0 Å². The molecule has 1 aromatic carbocycles. The summed E-state index contributed by atoms with van der Waals surface area (Å²) in [7, 11) is 1.31. The molecule has 3 aromatic rings. The van der Waals surface area contributed by atoms with Crippen molar-refractivity contribution in [2.24, 2.45) is 0 Å². The Bertz CT molecular complexity index is 1050. The van der Waals surface area contributed by atoms with Crippen molar-refractivity contribution in [3.8, 4) is 0 Å². The van der Waals surface area contributed by atoms with Gasteiger partial charge in [-0.1, -0.05) is 29.8 Å². The van der Waals surface area contributed by atoms with Crippen LogP contribution in [0.15, 0.2) is 30.6 Å². The Morgan fingerprint density at radius 1 is 1.28 bits per heavy atom. The smallest absolute Gasteiger partial charge is 0.307 e. The lowest BCUT2D eigenvalue weighted by Gasteiger charge is -2.19. The van der Waals surface area contributed by atoms with E-state index in [-0.39, 0.29) is 18.7 Å². The number of benzene rings is 1. The van der Waals surface area contributed by atoms with E-state index in [1.165, 1.54) is 13.4 Å². The van der Waals surface area contributed by atoms with Gasteiger partial charge in [0.1, 0.15) is 6.33 Å². The van der Waals surface area contributed by atoms with E-state index < -0.39 is 12.0 Å². The number of rotatable bonds is 7. The third-order valence-corrected chi connectivity index (χ3v) is 5.15. The quantitative estimate of drug-likeness (QED) is 0.596. The number of carbonyl (C=O) groups excluding carboxylic acids is 2. The molecule has 0 aliphatic carbocycles. The average Bonchev–Trinajstić information content (AvgIpc) is 3.16. The normalized spacial score (nSPS) is 12.0. The highest BCUT2D eigenvalue weighted by Gasteiger charge is 2.21. The molecule has 152 valence electrons. The van der Waals surface area contributed by atoms with Gasteiger partial charge in [0.05, 0.1) is 19.6 Å². The van der Waals surface area contributed by atoms with Gasteiger partial charge in [-0.3, -0.25) is 9.59 Å². The number of carbonyl (C=O) groups is 2. The Hall–Kier alpha value is -3.00. The van der Waals surface area contributed by atoms with Crippen LogP contribution in [0.2, 0.25) is 5.02 Å². The van der Waals surface area contributed by atoms with Crippen LogP contribution in [0, 0.1) is 13.8 Å². The highest BCUT2D eigenvalue weighted by Crippen LogP contribution is 2.26. The van der Waals surface area contributed by atoms with E-state index in [9.17, 15) is 9.59 Å². The molecule has 0 aliphatic heterocycles. The molecule has 29 heavy (non-hydrogen) atoms. The number of aryl methyl sites for hydroxylation is 2. The van der Waals surface area contributed by atoms with Crippen molar-refractivity contribution < 1.29 is 14.3 Å². The van der Waals surface area contributed by atoms with Gasteiger partial charge in [-0.15, -0.1) is 0 Å². The Labute approximate surface area is 173 Å². The summed E-state index contributed by atoms with van der Waals surface area (Å²) < 4.78 is 6.42. The second-order valence-corrected chi connectivity index (χ2v) is 7.06. The van der Waals surface area contributed by atoms with E-state index in [0.29, 0.717) is 22.8 Å². The summed E-state index contributed by atoms with van der Waals surface area (Å²) in [4.78, 5) is 33.0. The summed E-state index contributed by atoms with van der Waals surface area (Å²) in [5.41, 5.74) is 3.33. The first-order valence-corrected chi connectivity index (χ1v) is 9.55. The molecule has 9 heteroatoms. The molecule has 1 N–H and O–H groups in total. The summed E-state index contributed by atoms with van der Waals surface area (Å²) >= 11 is 6.26. The maximum Gasteiger partial charge on any atom is 0.307 e. The SMILES string of the molecule is COC(=O)CC(NC(=O)CCc1c(C)nc2ncnn2c1C)c1ccccc1Cl. The zero-order valence-electron chi connectivity index (χ0n) is 16.5. The van der Waals surface area contributed by atoms with Gasteiger partial charge in [-0.05, 0) is 37.5 Å². The number of ether oxygens (including phenoxy) is 1. The summed E-state index contributed by atoms with van der Waals surface area (Å²) in [6, 6.07) is 6.54. The Kier molecular flexibility index (Phi) is 6.43. The van der Waals surface area contributed by atoms with Crippen molar-refractivity contribution in [1.82, 2.24) is 24.9 Å². The van der Waals surface area contributed by atoms with Crippen LogP contribution >= 0.6 is 11.6 Å². The number of aromatic nitrogens is 4. The van der Waals surface area contributed by atoms with Crippen molar-refractivity contribution in [3.63, 3.8) is 0 Å². The zero-order chi connectivity index (χ0) is 21.0. The second-order valence-electron chi connectivity index (χ2n) is 6.65. The molecule has 0 bridgehead atoms. The van der Waals surface area contributed by atoms with Gasteiger partial charge in [0, 0.05) is 22.8 Å². The van der Waals surface area contributed by atoms with Gasteiger partial charge in [-0.2, -0.15) is 10.1 Å². The van der Waals surface area contributed by atoms with Crippen LogP contribution in [0.1, 0.15) is 41.4 Å². The topological polar surface area (TPSA) is 98.5 Å². The maximum absolute atomic E-state index is 12.7. The van der Waals surface area contributed by atoms with Crippen molar-refractivity contribution in [1.29, 1.82) is 0 Å². The van der Waals surface area contributed by atoms with Crippen molar-refractivity contribution in [3.05, 3.63) is 58.1 Å². The van der Waals surface area contributed by atoms with Gasteiger partial charge in [0.2, 0.25) is 5.91 Å². The van der Waals surface area contributed by atoms with Crippen LogP contribution in [0.25, 0.3) is 5.78 Å². The molecular weight excluding hydrogens is 394 g/mol. The first kappa shape index (κ1) is 20.7. The lowest BCUT2D eigenvalue weighted by Crippen LogP contribution is -2.31. The zero-order valence-corrected chi connectivity index (χ0v) is 17.2. The molecule has 3 rings (SSSR count). The van der Waals surface area contributed by atoms with Crippen molar-refractivity contribution in [2.75, 3.05) is 7.11 Å². The number of nitrogens with one attached hydrogen (secondary N) is 1. The van der Waals surface area contributed by atoms with Gasteiger partial charge in [-0.25, -0.2) is 9.50 Å². The average molecular weight is 416 g/mol. The van der Waals surface area contributed by atoms with Gasteiger partial charge in [0.25, 0.3) is 5.78 Å². The van der Waals surface area contributed by atoms with E-state index in [1.807, 2.05) is 19.9 Å². The minimum atomic E-state index is -0.568. The van der Waals surface area contributed by atoms with E-state index in [0.717, 1.165) is 17.0 Å². The fraction of sp³-hybridized carbons (Fsp3) is 0.350. The largest absolute Gasteiger partial charge is 0.469 e. The molecule has 0 fully saturated rings. The highest BCUT2D eigenvalue weighted by molar-refractivity contribution is 6.31. The van der Waals surface area contributed by atoms with E-state index in [4.69, 9.17) is 16.3 Å². The molecule has 0 radical (unpaired) electrons. The van der Waals surface area contributed by atoms with Crippen LogP contribution in [-0.2, 0) is 20.7 Å². The predicted octanol–water partition coefficient (Wildman–Crippen LogP) is 2.75. The number of halogens is 1. The molecule has 0 aliphatic rings. The molecular formula is C20H22ClN5O3. The number of methoxy groups -OCH3 is 1. The van der Waals surface area contributed by atoms with Crippen LogP contribution in [0.4, 0.5) is 0 Å². The van der Waals surface area contributed by atoms with Crippen LogP contribution in [0.3, 0.4) is 0 Å². The Morgan fingerprint density at radius 3 is 2.76 bits per heavy atom. The third-order valence-electron chi connectivity index (χ3n) is 4.81. The fourth-order valence-corrected chi connectivity index (χ4v) is 3.54. The minimum absolute atomic E-state index is 0.00347. The first-order chi connectivity index (χ1) is 13.9. The summed E-state index contributed by atoms with van der Waals surface area (Å²) in [6.45, 7) is 3.81. The van der Waals surface area contributed by atoms with E-state index in [2.05, 4.69) is 20.4 Å². The molecule has 1 unspecified atom stereocenters. The predicted molar refractivity (Wildman–Crippen MR) is 108 cm³/mol. The number of esters is 1. The molecule has 2 aromatic heterocycles. The lowest BCUT2D eigenvalue weighted by atomic mass is 10.0. The van der Waals surface area contributed by atoms with Crippen LogP contribution < -0.4 is 5.32 Å². The number of hydrogen-bond donors (Lipinski definition) is 1. The molecule has 1 atom stereocenters. The molecule has 0 spiro atoms. The Balaban J connectivity index is 1.74. The van der Waals surface area contributed by atoms with Crippen LogP contribution in [0.5, 0.6) is 0 Å². The Morgan fingerprint density at radius 2 is 2.03 bits per heavy atom. The van der Waals surface area contributed by atoms with Gasteiger partial charge >= 0.3 is 5.97 Å². The number of nitrogens with zero attached hydrogens (tertiary/aromatic N) is 4. The summed E-state index contributed by atoms with van der Waals surface area (Å²) in [5.74, 6) is -0.0934. The molecule has 1 amide bonds. The third kappa shape index (κ3) is 4.71. The van der Waals surface area contributed by atoms with E-state index in [1.54, 1.807) is 22.7 Å². The van der Waals surface area contributed by atoms with Crippen LogP contribution in [-0.4, -0.2) is 38.6 Å². The maximum atomic E-state index is 12.7. The first-order valence-electron chi connectivity index (χ1n) is 9.17. The standard InChI is InChI=1S/C20H22ClN5O3/c1-12-14(13(2)26-20(24-12)22-11-23-26)8-9-18(27)25-17(10-19(28)29-3)15-6-4-5-7-16(15)21/h4-7,11,17H,8-10H2,1-3H3,(H,25,27). The number of fused-ring (bicyclic) bond motifs is 1. The fourth-order valence-electron chi connectivity index (χ4n) is 3.27. The minimum Gasteiger partial charge on any atom is -0.469 e. The summed E-state index contributed by atoms with van der Waals surface area (Å²) in [5, 5.41) is 7.55. The van der Waals surface area contributed by atoms with Crippen molar-refractivity contribution in [2.45, 2.75) is 39.2 Å².